The van der Waals surface area contributed by atoms with E-state index < -0.39 is 0 Å². The third-order valence-electron chi connectivity index (χ3n) is 5.47. The lowest BCUT2D eigenvalue weighted by Crippen LogP contribution is -2.20. The van der Waals surface area contributed by atoms with Gasteiger partial charge in [0.05, 0.1) is 25.2 Å². The van der Waals surface area contributed by atoms with E-state index in [2.05, 4.69) is 82.8 Å². The average Bonchev–Trinajstić information content (AvgIpc) is 3.43. The van der Waals surface area contributed by atoms with Gasteiger partial charge in [-0.2, -0.15) is 0 Å². The van der Waals surface area contributed by atoms with Crippen LogP contribution < -0.4 is 0 Å². The predicted molar refractivity (Wildman–Crippen MR) is 130 cm³/mol. The van der Waals surface area contributed by atoms with Gasteiger partial charge in [-0.25, -0.2) is 4.98 Å². The van der Waals surface area contributed by atoms with E-state index in [-0.39, 0.29) is 0 Å². The molecule has 0 atom stereocenters. The molecule has 4 aromatic rings. The van der Waals surface area contributed by atoms with Crippen molar-refractivity contribution in [2.45, 2.75) is 26.9 Å². The first-order valence-electron chi connectivity index (χ1n) is 10.8. The maximum atomic E-state index is 9.88. The molecule has 0 spiro atoms. The number of hydrogen-bond donors (Lipinski definition) is 0. The second kappa shape index (κ2) is 11.3. The van der Waals surface area contributed by atoms with E-state index in [1.54, 1.807) is 14.2 Å². The molecular weight excluding hydrogens is 400 g/mol. The smallest absolute Gasteiger partial charge is 0.209 e. The fourth-order valence-corrected chi connectivity index (χ4v) is 3.70. The predicted octanol–water partition coefficient (Wildman–Crippen LogP) is 4.60. The molecule has 168 valence electrons. The van der Waals surface area contributed by atoms with Crippen molar-refractivity contribution in [3.8, 4) is 11.1 Å². The molecule has 1 amide bonds. The standard InChI is InChI=1S/C21H21N3.C5H11NO2/c1-3-24-15-22-11-18(24)13-23-12-16(2)21(14-23)20-10-6-8-17-7-4-5-9-19(17)20;1-6(5-7)3-4-8-2/h4-12,14-15H,3,13H2,1-2H3;5H,3-4H2,1-2H3. The molecule has 4 rings (SSSR count). The minimum absolute atomic E-state index is 0.606. The zero-order valence-corrected chi connectivity index (χ0v) is 19.4. The van der Waals surface area contributed by atoms with Gasteiger partial charge in [0.25, 0.3) is 0 Å². The zero-order valence-electron chi connectivity index (χ0n) is 19.4. The van der Waals surface area contributed by atoms with Gasteiger partial charge in [-0.1, -0.05) is 42.5 Å². The van der Waals surface area contributed by atoms with Crippen LogP contribution in [0.15, 0.2) is 67.4 Å². The molecule has 32 heavy (non-hydrogen) atoms. The van der Waals surface area contributed by atoms with Crippen LogP contribution in [0.4, 0.5) is 0 Å². The Labute approximate surface area is 190 Å². The van der Waals surface area contributed by atoms with Crippen molar-refractivity contribution in [2.24, 2.45) is 0 Å². The summed E-state index contributed by atoms with van der Waals surface area (Å²) in [5.41, 5.74) is 5.13. The van der Waals surface area contributed by atoms with E-state index in [0.29, 0.717) is 13.2 Å². The number of nitrogens with zero attached hydrogens (tertiary/aromatic N) is 4. The molecule has 0 saturated carbocycles. The van der Waals surface area contributed by atoms with E-state index in [1.165, 1.54) is 38.1 Å². The first kappa shape index (κ1) is 23.3. The highest BCUT2D eigenvalue weighted by atomic mass is 16.5. The topological polar surface area (TPSA) is 52.3 Å². The number of rotatable bonds is 8. The Kier molecular flexibility index (Phi) is 8.22. The summed E-state index contributed by atoms with van der Waals surface area (Å²) in [5.74, 6) is 0. The third kappa shape index (κ3) is 5.65. The first-order valence-corrected chi connectivity index (χ1v) is 10.8. The summed E-state index contributed by atoms with van der Waals surface area (Å²) in [6, 6.07) is 15.1. The SMILES string of the molecule is CCn1cncc1Cn1cc(C)c(-c2cccc3ccccc23)c1.COCCN(C)C=O. The number of methoxy groups -OCH3 is 1. The summed E-state index contributed by atoms with van der Waals surface area (Å²) in [5, 5.41) is 2.59. The Morgan fingerprint density at radius 2 is 1.88 bits per heavy atom. The highest BCUT2D eigenvalue weighted by Crippen LogP contribution is 2.31. The molecule has 2 heterocycles. The Morgan fingerprint density at radius 1 is 1.09 bits per heavy atom. The number of hydrogen-bond acceptors (Lipinski definition) is 3. The molecule has 0 fully saturated rings. The number of fused-ring (bicyclic) bond motifs is 1. The number of carbonyl (C=O) groups is 1. The molecular formula is C26H32N4O2. The van der Waals surface area contributed by atoms with Crippen LogP contribution in [-0.2, 0) is 22.6 Å². The van der Waals surface area contributed by atoms with Crippen LogP contribution in [0.1, 0.15) is 18.2 Å². The summed E-state index contributed by atoms with van der Waals surface area (Å²) in [7, 11) is 3.32. The van der Waals surface area contributed by atoms with Crippen molar-refractivity contribution < 1.29 is 9.53 Å². The number of imidazole rings is 1. The first-order chi connectivity index (χ1) is 15.6. The van der Waals surface area contributed by atoms with Crippen LogP contribution in [0.5, 0.6) is 0 Å². The van der Waals surface area contributed by atoms with Crippen molar-refractivity contribution >= 4 is 17.2 Å². The summed E-state index contributed by atoms with van der Waals surface area (Å²) in [4.78, 5) is 15.7. The van der Waals surface area contributed by atoms with Gasteiger partial charge in [0.1, 0.15) is 0 Å². The number of aryl methyl sites for hydroxylation is 2. The molecule has 2 aromatic heterocycles. The molecule has 0 saturated heterocycles. The number of aromatic nitrogens is 3. The molecule has 0 aliphatic carbocycles. The van der Waals surface area contributed by atoms with Gasteiger partial charge in [0.2, 0.25) is 6.41 Å². The van der Waals surface area contributed by atoms with Crippen molar-refractivity contribution in [3.05, 3.63) is 78.6 Å². The number of amides is 1. The minimum Gasteiger partial charge on any atom is -0.383 e. The number of benzene rings is 2. The maximum Gasteiger partial charge on any atom is 0.209 e. The highest BCUT2D eigenvalue weighted by molar-refractivity contribution is 5.97. The Bertz CT molecular complexity index is 1140. The van der Waals surface area contributed by atoms with Gasteiger partial charge >= 0.3 is 0 Å². The van der Waals surface area contributed by atoms with Crippen molar-refractivity contribution in [1.29, 1.82) is 0 Å². The summed E-state index contributed by atoms with van der Waals surface area (Å²) in [6.07, 6.45) is 9.11. The van der Waals surface area contributed by atoms with Gasteiger partial charge in [-0.3, -0.25) is 4.79 Å². The fourth-order valence-electron chi connectivity index (χ4n) is 3.70. The third-order valence-corrected chi connectivity index (χ3v) is 5.47. The Balaban J connectivity index is 0.000000312. The molecule has 0 aliphatic heterocycles. The van der Waals surface area contributed by atoms with Crippen LogP contribution in [-0.4, -0.2) is 52.7 Å². The van der Waals surface area contributed by atoms with E-state index in [0.717, 1.165) is 19.5 Å². The second-order valence-corrected chi connectivity index (χ2v) is 7.80. The van der Waals surface area contributed by atoms with Crippen LogP contribution in [0.3, 0.4) is 0 Å². The lowest BCUT2D eigenvalue weighted by atomic mass is 9.98. The molecule has 6 nitrogen and oxygen atoms in total. The molecule has 0 aliphatic rings. The van der Waals surface area contributed by atoms with Gasteiger partial charge in [0, 0.05) is 51.4 Å². The van der Waals surface area contributed by atoms with Crippen LogP contribution in [0.25, 0.3) is 21.9 Å². The molecule has 0 N–H and O–H groups in total. The molecule has 0 radical (unpaired) electrons. The van der Waals surface area contributed by atoms with Gasteiger partial charge in [-0.05, 0) is 35.7 Å². The molecule has 6 heteroatoms. The van der Waals surface area contributed by atoms with E-state index in [1.807, 2.05) is 12.5 Å². The normalized spacial score (nSPS) is 10.6. The van der Waals surface area contributed by atoms with Crippen LogP contribution in [0, 0.1) is 6.92 Å². The molecule has 0 unspecified atom stereocenters. The number of likely N-dealkylation sites (N-methyl/N-ethyl adjacent to an activating group) is 1. The average molecular weight is 433 g/mol. The quantitative estimate of drug-likeness (QED) is 0.382. The minimum atomic E-state index is 0.606. The number of ether oxygens (including phenoxy) is 1. The summed E-state index contributed by atoms with van der Waals surface area (Å²) < 4.78 is 9.16. The molecule has 2 aromatic carbocycles. The van der Waals surface area contributed by atoms with E-state index >= 15 is 0 Å². The number of carbonyl (C=O) groups excluding carboxylic acids is 1. The van der Waals surface area contributed by atoms with Crippen LogP contribution in [0.2, 0.25) is 0 Å². The fraction of sp³-hybridized carbons (Fsp3) is 0.308. The highest BCUT2D eigenvalue weighted by Gasteiger charge is 2.10. The van der Waals surface area contributed by atoms with Gasteiger partial charge in [-0.15, -0.1) is 0 Å². The lowest BCUT2D eigenvalue weighted by Gasteiger charge is -2.07. The summed E-state index contributed by atoms with van der Waals surface area (Å²) in [6.45, 7) is 7.40. The van der Waals surface area contributed by atoms with Crippen molar-refractivity contribution in [1.82, 2.24) is 19.0 Å². The zero-order chi connectivity index (χ0) is 22.9. The monoisotopic (exact) mass is 432 g/mol. The summed E-state index contributed by atoms with van der Waals surface area (Å²) >= 11 is 0. The lowest BCUT2D eigenvalue weighted by molar-refractivity contribution is -0.117. The van der Waals surface area contributed by atoms with Gasteiger partial charge in [0.15, 0.2) is 0 Å². The van der Waals surface area contributed by atoms with E-state index in [4.69, 9.17) is 4.74 Å². The van der Waals surface area contributed by atoms with Gasteiger partial charge < -0.3 is 18.8 Å². The van der Waals surface area contributed by atoms with E-state index in [9.17, 15) is 4.79 Å². The van der Waals surface area contributed by atoms with Crippen molar-refractivity contribution in [2.75, 3.05) is 27.3 Å². The Hall–Kier alpha value is -3.38. The molecule has 0 bridgehead atoms. The van der Waals surface area contributed by atoms with Crippen LogP contribution >= 0.6 is 0 Å². The second-order valence-electron chi connectivity index (χ2n) is 7.80. The largest absolute Gasteiger partial charge is 0.383 e. The Morgan fingerprint density at radius 3 is 2.62 bits per heavy atom. The van der Waals surface area contributed by atoms with Crippen molar-refractivity contribution in [3.63, 3.8) is 0 Å². The maximum absolute atomic E-state index is 9.88.